The molecule has 0 aliphatic carbocycles. The Hall–Kier alpha value is -1.84. The first-order chi connectivity index (χ1) is 8.42. The molecule has 0 saturated carbocycles. The van der Waals surface area contributed by atoms with Crippen LogP contribution >= 0.6 is 0 Å². The summed E-state index contributed by atoms with van der Waals surface area (Å²) in [6.45, 7) is 3.48. The lowest BCUT2D eigenvalue weighted by Crippen LogP contribution is -2.44. The summed E-state index contributed by atoms with van der Waals surface area (Å²) >= 11 is 0. The summed E-state index contributed by atoms with van der Waals surface area (Å²) in [4.78, 5) is 24.8. The van der Waals surface area contributed by atoms with E-state index >= 15 is 0 Å². The molecule has 1 aromatic carbocycles. The Balaban J connectivity index is 2.33. The third-order valence-corrected chi connectivity index (χ3v) is 3.32. The van der Waals surface area contributed by atoms with Crippen molar-refractivity contribution in [2.45, 2.75) is 26.7 Å². The SMILES string of the molecule is CC(C)(CN1C(=O)CCc2ccccc21)C(=O)O. The number of aliphatic carboxylic acids is 1. The maximum atomic E-state index is 12.0. The van der Waals surface area contributed by atoms with Gasteiger partial charge in [-0.3, -0.25) is 9.59 Å². The number of para-hydroxylation sites is 1. The minimum absolute atomic E-state index is 0.00280. The molecule has 0 bridgehead atoms. The third kappa shape index (κ3) is 2.23. The number of amides is 1. The van der Waals surface area contributed by atoms with E-state index in [0.29, 0.717) is 6.42 Å². The number of fused-ring (bicyclic) bond motifs is 1. The zero-order valence-electron chi connectivity index (χ0n) is 10.6. The number of carbonyl (C=O) groups excluding carboxylic acids is 1. The Bertz CT molecular complexity index is 494. The fourth-order valence-corrected chi connectivity index (χ4v) is 2.13. The first kappa shape index (κ1) is 12.6. The molecule has 0 saturated heterocycles. The fraction of sp³-hybridized carbons (Fsp3) is 0.429. The van der Waals surface area contributed by atoms with Crippen molar-refractivity contribution in [1.82, 2.24) is 0 Å². The molecule has 1 aliphatic rings. The number of carboxylic acid groups (broad SMARTS) is 1. The van der Waals surface area contributed by atoms with E-state index in [2.05, 4.69) is 0 Å². The second-order valence-electron chi connectivity index (χ2n) is 5.30. The molecule has 1 amide bonds. The molecule has 0 aromatic heterocycles. The zero-order valence-corrected chi connectivity index (χ0v) is 10.6. The van der Waals surface area contributed by atoms with Crippen LogP contribution in [0.1, 0.15) is 25.8 Å². The van der Waals surface area contributed by atoms with Gasteiger partial charge in [0, 0.05) is 18.7 Å². The molecule has 0 radical (unpaired) electrons. The number of carboxylic acids is 1. The lowest BCUT2D eigenvalue weighted by atomic mass is 9.91. The van der Waals surface area contributed by atoms with Crippen molar-refractivity contribution in [2.75, 3.05) is 11.4 Å². The molecular formula is C14H17NO3. The van der Waals surface area contributed by atoms with Crippen molar-refractivity contribution >= 4 is 17.6 Å². The summed E-state index contributed by atoms with van der Waals surface area (Å²) in [5, 5.41) is 9.17. The Kier molecular flexibility index (Phi) is 3.11. The monoisotopic (exact) mass is 247 g/mol. The van der Waals surface area contributed by atoms with Crippen molar-refractivity contribution in [1.29, 1.82) is 0 Å². The molecule has 1 N–H and O–H groups in total. The largest absolute Gasteiger partial charge is 0.481 e. The number of carbonyl (C=O) groups is 2. The highest BCUT2D eigenvalue weighted by molar-refractivity contribution is 5.97. The molecule has 1 heterocycles. The van der Waals surface area contributed by atoms with Crippen LogP contribution in [0.25, 0.3) is 0 Å². The van der Waals surface area contributed by atoms with E-state index in [1.54, 1.807) is 18.7 Å². The average molecular weight is 247 g/mol. The quantitative estimate of drug-likeness (QED) is 0.889. The second kappa shape index (κ2) is 4.44. The van der Waals surface area contributed by atoms with Crippen LogP contribution in [0.15, 0.2) is 24.3 Å². The predicted octanol–water partition coefficient (Wildman–Crippen LogP) is 2.08. The first-order valence-electron chi connectivity index (χ1n) is 6.03. The average Bonchev–Trinajstić information content (AvgIpc) is 2.32. The van der Waals surface area contributed by atoms with E-state index in [9.17, 15) is 9.59 Å². The number of benzene rings is 1. The normalized spacial score (nSPS) is 15.4. The van der Waals surface area contributed by atoms with Crippen molar-refractivity contribution in [3.05, 3.63) is 29.8 Å². The third-order valence-electron chi connectivity index (χ3n) is 3.32. The van der Waals surface area contributed by atoms with Gasteiger partial charge in [-0.1, -0.05) is 18.2 Å². The molecule has 0 spiro atoms. The molecule has 0 unspecified atom stereocenters. The molecule has 1 aliphatic heterocycles. The van der Waals surface area contributed by atoms with Gasteiger partial charge in [0.05, 0.1) is 5.41 Å². The van der Waals surface area contributed by atoms with Gasteiger partial charge in [0.2, 0.25) is 5.91 Å². The maximum Gasteiger partial charge on any atom is 0.310 e. The first-order valence-corrected chi connectivity index (χ1v) is 6.03. The Morgan fingerprint density at radius 1 is 1.33 bits per heavy atom. The van der Waals surface area contributed by atoms with Gasteiger partial charge in [0.1, 0.15) is 0 Å². The van der Waals surface area contributed by atoms with Crippen molar-refractivity contribution < 1.29 is 14.7 Å². The molecule has 4 nitrogen and oxygen atoms in total. The van der Waals surface area contributed by atoms with Gasteiger partial charge in [0.25, 0.3) is 0 Å². The number of hydrogen-bond acceptors (Lipinski definition) is 2. The summed E-state index contributed by atoms with van der Waals surface area (Å²) in [6.07, 6.45) is 1.19. The van der Waals surface area contributed by atoms with Crippen LogP contribution in [0.3, 0.4) is 0 Å². The van der Waals surface area contributed by atoms with Crippen molar-refractivity contribution in [3.63, 3.8) is 0 Å². The summed E-state index contributed by atoms with van der Waals surface area (Å²) < 4.78 is 0. The summed E-state index contributed by atoms with van der Waals surface area (Å²) in [5.41, 5.74) is 1.02. The van der Waals surface area contributed by atoms with E-state index in [4.69, 9.17) is 5.11 Å². The Morgan fingerprint density at radius 2 is 2.00 bits per heavy atom. The summed E-state index contributed by atoms with van der Waals surface area (Å²) in [6, 6.07) is 7.68. The van der Waals surface area contributed by atoms with Gasteiger partial charge >= 0.3 is 5.97 Å². The lowest BCUT2D eigenvalue weighted by molar-refractivity contribution is -0.146. The Labute approximate surface area is 106 Å². The van der Waals surface area contributed by atoms with Crippen LogP contribution < -0.4 is 4.90 Å². The van der Waals surface area contributed by atoms with Crippen LogP contribution in [-0.2, 0) is 16.0 Å². The molecule has 1 aromatic rings. The van der Waals surface area contributed by atoms with E-state index in [1.165, 1.54) is 0 Å². The van der Waals surface area contributed by atoms with E-state index in [-0.39, 0.29) is 12.5 Å². The number of hydrogen-bond donors (Lipinski definition) is 1. The van der Waals surface area contributed by atoms with Crippen LogP contribution in [-0.4, -0.2) is 23.5 Å². The van der Waals surface area contributed by atoms with E-state index < -0.39 is 11.4 Å². The van der Waals surface area contributed by atoms with Crippen molar-refractivity contribution in [3.8, 4) is 0 Å². The Morgan fingerprint density at radius 3 is 2.67 bits per heavy atom. The van der Waals surface area contributed by atoms with Gasteiger partial charge in [-0.15, -0.1) is 0 Å². The predicted molar refractivity (Wildman–Crippen MR) is 68.5 cm³/mol. The van der Waals surface area contributed by atoms with Crippen molar-refractivity contribution in [2.24, 2.45) is 5.41 Å². The topological polar surface area (TPSA) is 57.6 Å². The van der Waals surface area contributed by atoms with Gasteiger partial charge in [-0.25, -0.2) is 0 Å². The molecule has 2 rings (SSSR count). The second-order valence-corrected chi connectivity index (χ2v) is 5.30. The van der Waals surface area contributed by atoms with Gasteiger partial charge in [-0.05, 0) is 31.9 Å². The number of nitrogens with zero attached hydrogens (tertiary/aromatic N) is 1. The number of aryl methyl sites for hydroxylation is 1. The standard InChI is InChI=1S/C14H17NO3/c1-14(2,13(17)18)9-15-11-6-4-3-5-10(11)7-8-12(15)16/h3-6H,7-9H2,1-2H3,(H,17,18). The molecule has 18 heavy (non-hydrogen) atoms. The molecule has 4 heteroatoms. The summed E-state index contributed by atoms with van der Waals surface area (Å²) in [7, 11) is 0. The van der Waals surface area contributed by atoms with Gasteiger partial charge in [-0.2, -0.15) is 0 Å². The van der Waals surface area contributed by atoms with Crippen LogP contribution in [0.4, 0.5) is 5.69 Å². The summed E-state index contributed by atoms with van der Waals surface area (Å²) in [5.74, 6) is -0.888. The highest BCUT2D eigenvalue weighted by atomic mass is 16.4. The van der Waals surface area contributed by atoms with Crippen LogP contribution in [0.2, 0.25) is 0 Å². The number of anilines is 1. The minimum atomic E-state index is -0.944. The van der Waals surface area contributed by atoms with E-state index in [1.807, 2.05) is 24.3 Å². The highest BCUT2D eigenvalue weighted by Gasteiger charge is 2.34. The fourth-order valence-electron chi connectivity index (χ4n) is 2.13. The van der Waals surface area contributed by atoms with Gasteiger partial charge in [0.15, 0.2) is 0 Å². The smallest absolute Gasteiger partial charge is 0.310 e. The van der Waals surface area contributed by atoms with Gasteiger partial charge < -0.3 is 10.0 Å². The van der Waals surface area contributed by atoms with Crippen LogP contribution in [0, 0.1) is 5.41 Å². The molecular weight excluding hydrogens is 230 g/mol. The zero-order chi connectivity index (χ0) is 13.3. The maximum absolute atomic E-state index is 12.0. The molecule has 96 valence electrons. The minimum Gasteiger partial charge on any atom is -0.481 e. The lowest BCUT2D eigenvalue weighted by Gasteiger charge is -2.34. The number of rotatable bonds is 3. The molecule has 0 atom stereocenters. The van der Waals surface area contributed by atoms with Crippen LogP contribution in [0.5, 0.6) is 0 Å². The molecule has 0 fully saturated rings. The van der Waals surface area contributed by atoms with E-state index in [0.717, 1.165) is 17.7 Å². The highest BCUT2D eigenvalue weighted by Crippen LogP contribution is 2.30.